The van der Waals surface area contributed by atoms with Gasteiger partial charge in [0.05, 0.1) is 0 Å². The van der Waals surface area contributed by atoms with E-state index in [9.17, 15) is 9.59 Å². The molecule has 0 unspecified atom stereocenters. The Balaban J connectivity index is 1.28. The Morgan fingerprint density at radius 2 is 1.30 bits per heavy atom. The zero-order valence-corrected chi connectivity index (χ0v) is 17.5. The van der Waals surface area contributed by atoms with Gasteiger partial charge in [-0.15, -0.1) is 0 Å². The maximum absolute atomic E-state index is 12.7. The maximum atomic E-state index is 12.7. The first-order valence-electron chi connectivity index (χ1n) is 10.4. The molecule has 4 aromatic carbocycles. The summed E-state index contributed by atoms with van der Waals surface area (Å²) in [5.74, 6) is 0.0280. The molecule has 2 N–H and O–H groups in total. The van der Waals surface area contributed by atoms with Crippen LogP contribution in [0.25, 0.3) is 22.6 Å². The molecule has 0 fully saturated rings. The first-order chi connectivity index (χ1) is 16.2. The van der Waals surface area contributed by atoms with Gasteiger partial charge in [-0.1, -0.05) is 36.4 Å². The Morgan fingerprint density at radius 3 is 2.06 bits per heavy atom. The Kier molecular flexibility index (Phi) is 5.39. The minimum absolute atomic E-state index is 0.205. The molecule has 1 heterocycles. The lowest BCUT2D eigenvalue weighted by Gasteiger charge is -2.08. The number of nitrogens with one attached hydrogen (secondary N) is 2. The minimum atomic E-state index is -0.259. The number of carbonyl (C=O) groups excluding carboxylic acids is 2. The molecule has 2 amide bonds. The van der Waals surface area contributed by atoms with E-state index in [1.165, 1.54) is 0 Å². The molecule has 1 aromatic heterocycles. The van der Waals surface area contributed by atoms with Gasteiger partial charge in [-0.3, -0.25) is 9.59 Å². The highest BCUT2D eigenvalue weighted by atomic mass is 16.3. The molecule has 0 radical (unpaired) electrons. The largest absolute Gasteiger partial charge is 0.436 e. The van der Waals surface area contributed by atoms with Gasteiger partial charge in [0.25, 0.3) is 11.8 Å². The lowest BCUT2D eigenvalue weighted by molar-refractivity contribution is 0.102. The number of fused-ring (bicyclic) bond motifs is 1. The van der Waals surface area contributed by atoms with Crippen LogP contribution in [0.15, 0.2) is 108 Å². The van der Waals surface area contributed by atoms with E-state index in [4.69, 9.17) is 4.42 Å². The van der Waals surface area contributed by atoms with Crippen LogP contribution in [0.4, 0.5) is 11.4 Å². The quantitative estimate of drug-likeness (QED) is 0.356. The molecule has 160 valence electrons. The average Bonchev–Trinajstić information content (AvgIpc) is 3.30. The van der Waals surface area contributed by atoms with Crippen LogP contribution in [0.2, 0.25) is 0 Å². The highest BCUT2D eigenvalue weighted by molar-refractivity contribution is 6.06. The third-order valence-electron chi connectivity index (χ3n) is 5.10. The molecule has 0 atom stereocenters. The number of benzene rings is 4. The van der Waals surface area contributed by atoms with Gasteiger partial charge >= 0.3 is 0 Å². The highest BCUT2D eigenvalue weighted by Crippen LogP contribution is 2.26. The molecule has 5 rings (SSSR count). The number of para-hydroxylation sites is 2. The zero-order chi connectivity index (χ0) is 22.6. The summed E-state index contributed by atoms with van der Waals surface area (Å²) in [6.45, 7) is 0. The average molecular weight is 433 g/mol. The van der Waals surface area contributed by atoms with Gasteiger partial charge in [0.15, 0.2) is 5.58 Å². The molecule has 0 spiro atoms. The molecule has 0 aliphatic rings. The van der Waals surface area contributed by atoms with Crippen LogP contribution in [0.5, 0.6) is 0 Å². The van der Waals surface area contributed by atoms with Crippen LogP contribution in [0.3, 0.4) is 0 Å². The lowest BCUT2D eigenvalue weighted by Crippen LogP contribution is -2.13. The predicted octanol–water partition coefficient (Wildman–Crippen LogP) is 6.00. The second-order valence-corrected chi connectivity index (χ2v) is 7.42. The van der Waals surface area contributed by atoms with Crippen molar-refractivity contribution in [3.8, 4) is 11.5 Å². The summed E-state index contributed by atoms with van der Waals surface area (Å²) in [4.78, 5) is 29.5. The molecule has 0 saturated heterocycles. The van der Waals surface area contributed by atoms with Crippen LogP contribution in [0, 0.1) is 0 Å². The molecule has 0 bridgehead atoms. The first-order valence-corrected chi connectivity index (χ1v) is 10.4. The van der Waals surface area contributed by atoms with Gasteiger partial charge in [0, 0.05) is 28.1 Å². The molecular formula is C27H19N3O3. The number of oxazole rings is 1. The summed E-state index contributed by atoms with van der Waals surface area (Å²) in [6, 6.07) is 30.6. The maximum Gasteiger partial charge on any atom is 0.255 e. The number of hydrogen-bond donors (Lipinski definition) is 2. The van der Waals surface area contributed by atoms with Crippen molar-refractivity contribution in [2.45, 2.75) is 0 Å². The summed E-state index contributed by atoms with van der Waals surface area (Å²) in [6.07, 6.45) is 0. The smallest absolute Gasteiger partial charge is 0.255 e. The van der Waals surface area contributed by atoms with Crippen molar-refractivity contribution in [2.75, 3.05) is 10.6 Å². The van der Waals surface area contributed by atoms with E-state index < -0.39 is 0 Å². The Bertz CT molecular complexity index is 1410. The molecule has 33 heavy (non-hydrogen) atoms. The number of anilines is 2. The van der Waals surface area contributed by atoms with Gasteiger partial charge < -0.3 is 15.1 Å². The van der Waals surface area contributed by atoms with Gasteiger partial charge in [-0.25, -0.2) is 4.98 Å². The number of nitrogens with zero attached hydrogens (tertiary/aromatic N) is 1. The van der Waals surface area contributed by atoms with Crippen molar-refractivity contribution in [3.63, 3.8) is 0 Å². The second kappa shape index (κ2) is 8.80. The second-order valence-electron chi connectivity index (χ2n) is 7.42. The summed E-state index contributed by atoms with van der Waals surface area (Å²) < 4.78 is 5.82. The monoisotopic (exact) mass is 433 g/mol. The zero-order valence-electron chi connectivity index (χ0n) is 17.5. The summed E-state index contributed by atoms with van der Waals surface area (Å²) in [7, 11) is 0. The number of amides is 2. The van der Waals surface area contributed by atoms with Gasteiger partial charge in [-0.05, 0) is 66.7 Å². The van der Waals surface area contributed by atoms with E-state index in [0.717, 1.165) is 11.1 Å². The number of hydrogen-bond acceptors (Lipinski definition) is 4. The van der Waals surface area contributed by atoms with E-state index in [1.807, 2.05) is 60.7 Å². The summed E-state index contributed by atoms with van der Waals surface area (Å²) in [5.41, 5.74) is 4.53. The van der Waals surface area contributed by atoms with Crippen molar-refractivity contribution in [1.82, 2.24) is 4.98 Å². The number of carbonyl (C=O) groups is 2. The van der Waals surface area contributed by atoms with Crippen molar-refractivity contribution in [2.24, 2.45) is 0 Å². The molecular weight excluding hydrogens is 414 g/mol. The fraction of sp³-hybridized carbons (Fsp3) is 0. The molecule has 5 aromatic rings. The van der Waals surface area contributed by atoms with Crippen LogP contribution in [-0.4, -0.2) is 16.8 Å². The predicted molar refractivity (Wildman–Crippen MR) is 128 cm³/mol. The SMILES string of the molecule is O=C(Nc1ccc(C(=O)Nc2cccc(-c3nc4ccccc4o3)c2)cc1)c1ccccc1. The molecule has 6 heteroatoms. The van der Waals surface area contributed by atoms with Crippen molar-refractivity contribution >= 4 is 34.3 Å². The van der Waals surface area contributed by atoms with Gasteiger partial charge in [-0.2, -0.15) is 0 Å². The Labute approximate surface area is 189 Å². The third-order valence-corrected chi connectivity index (χ3v) is 5.10. The van der Waals surface area contributed by atoms with Crippen molar-refractivity contribution in [1.29, 1.82) is 0 Å². The Morgan fingerprint density at radius 1 is 0.636 bits per heavy atom. The van der Waals surface area contributed by atoms with Crippen LogP contribution in [0.1, 0.15) is 20.7 Å². The Hall–Kier alpha value is -4.71. The van der Waals surface area contributed by atoms with Crippen molar-refractivity contribution < 1.29 is 14.0 Å². The fourth-order valence-electron chi connectivity index (χ4n) is 3.43. The van der Waals surface area contributed by atoms with E-state index in [0.29, 0.717) is 34.0 Å². The fourth-order valence-corrected chi connectivity index (χ4v) is 3.43. The van der Waals surface area contributed by atoms with E-state index in [1.54, 1.807) is 42.5 Å². The number of aromatic nitrogens is 1. The molecule has 0 aliphatic heterocycles. The minimum Gasteiger partial charge on any atom is -0.436 e. The van der Waals surface area contributed by atoms with E-state index in [-0.39, 0.29) is 11.8 Å². The van der Waals surface area contributed by atoms with Crippen LogP contribution >= 0.6 is 0 Å². The first kappa shape index (κ1) is 20.2. The topological polar surface area (TPSA) is 84.2 Å². The van der Waals surface area contributed by atoms with Crippen molar-refractivity contribution in [3.05, 3.63) is 114 Å². The number of rotatable bonds is 5. The van der Waals surface area contributed by atoms with E-state index >= 15 is 0 Å². The van der Waals surface area contributed by atoms with Gasteiger partial charge in [0.1, 0.15) is 5.52 Å². The summed E-state index contributed by atoms with van der Waals surface area (Å²) >= 11 is 0. The summed E-state index contributed by atoms with van der Waals surface area (Å²) in [5, 5.41) is 5.72. The molecule has 0 saturated carbocycles. The van der Waals surface area contributed by atoms with Gasteiger partial charge in [0.2, 0.25) is 5.89 Å². The lowest BCUT2D eigenvalue weighted by atomic mass is 10.1. The molecule has 6 nitrogen and oxygen atoms in total. The molecule has 0 aliphatic carbocycles. The third kappa shape index (κ3) is 4.50. The standard InChI is InChI=1S/C27H19N3O3/c31-25(18-7-2-1-3-8-18)28-21-15-13-19(14-16-21)26(32)29-22-10-6-9-20(17-22)27-30-23-11-4-5-12-24(23)33-27/h1-17H,(H,28,31)(H,29,32). The van der Waals surface area contributed by atoms with E-state index in [2.05, 4.69) is 15.6 Å². The normalized spacial score (nSPS) is 10.7. The highest BCUT2D eigenvalue weighted by Gasteiger charge is 2.11. The van der Waals surface area contributed by atoms with Crippen LogP contribution < -0.4 is 10.6 Å². The van der Waals surface area contributed by atoms with Crippen LogP contribution in [-0.2, 0) is 0 Å².